The Morgan fingerprint density at radius 2 is 2.04 bits per heavy atom. The molecule has 27 heavy (non-hydrogen) atoms. The molecule has 0 bridgehead atoms. The summed E-state index contributed by atoms with van der Waals surface area (Å²) in [6.07, 6.45) is -1.15. The monoisotopic (exact) mass is 376 g/mol. The van der Waals surface area contributed by atoms with Crippen LogP contribution in [0.1, 0.15) is 12.5 Å². The number of halogens is 2. The van der Waals surface area contributed by atoms with Gasteiger partial charge in [-0.3, -0.25) is 9.69 Å². The average molecular weight is 376 g/mol. The molecule has 0 unspecified atom stereocenters. The second-order valence-electron chi connectivity index (χ2n) is 6.18. The number of carbonyl (C=O) groups excluding carboxylic acids is 2. The van der Waals surface area contributed by atoms with E-state index >= 15 is 0 Å². The zero-order valence-electron chi connectivity index (χ0n) is 14.5. The van der Waals surface area contributed by atoms with Gasteiger partial charge in [-0.05, 0) is 29.8 Å². The number of rotatable bonds is 5. The Hall–Kier alpha value is -3.00. The van der Waals surface area contributed by atoms with E-state index in [-0.39, 0.29) is 30.1 Å². The lowest BCUT2D eigenvalue weighted by Crippen LogP contribution is -2.33. The van der Waals surface area contributed by atoms with E-state index in [0.717, 1.165) is 6.07 Å². The molecule has 3 rings (SSSR count). The first kappa shape index (κ1) is 18.8. The molecule has 0 aromatic heterocycles. The van der Waals surface area contributed by atoms with E-state index in [9.17, 15) is 18.4 Å². The number of anilines is 1. The Labute approximate surface area is 154 Å². The van der Waals surface area contributed by atoms with Crippen LogP contribution in [0.4, 0.5) is 19.3 Å². The molecule has 1 saturated heterocycles. The van der Waals surface area contributed by atoms with Crippen LogP contribution in [0, 0.1) is 11.6 Å². The van der Waals surface area contributed by atoms with Gasteiger partial charge in [0, 0.05) is 18.1 Å². The normalized spacial score (nSPS) is 16.4. The van der Waals surface area contributed by atoms with Crippen LogP contribution < -0.4 is 10.2 Å². The van der Waals surface area contributed by atoms with Crippen molar-refractivity contribution in [2.45, 2.75) is 19.6 Å². The zero-order chi connectivity index (χ0) is 19.6. The molecule has 0 aliphatic carbocycles. The first-order chi connectivity index (χ1) is 12.9. The number of hydrogen-bond acceptors (Lipinski definition) is 4. The number of amides is 2. The van der Waals surface area contributed by atoms with E-state index in [1.165, 1.54) is 42.2 Å². The van der Waals surface area contributed by atoms with Gasteiger partial charge < -0.3 is 15.2 Å². The highest BCUT2D eigenvalue weighted by Crippen LogP contribution is 2.30. The summed E-state index contributed by atoms with van der Waals surface area (Å²) in [7, 11) is 0. The lowest BCUT2D eigenvalue weighted by Gasteiger charge is -2.15. The summed E-state index contributed by atoms with van der Waals surface area (Å²) in [5.41, 5.74) is 0.922. The highest BCUT2D eigenvalue weighted by Gasteiger charge is 2.32. The summed E-state index contributed by atoms with van der Waals surface area (Å²) in [5.74, 6) is -1.48. The van der Waals surface area contributed by atoms with E-state index in [0.29, 0.717) is 11.3 Å². The van der Waals surface area contributed by atoms with E-state index in [2.05, 4.69) is 5.32 Å². The molecule has 8 heteroatoms. The highest BCUT2D eigenvalue weighted by molar-refractivity contribution is 5.90. The Morgan fingerprint density at radius 3 is 2.67 bits per heavy atom. The van der Waals surface area contributed by atoms with E-state index in [1.54, 1.807) is 0 Å². The quantitative estimate of drug-likeness (QED) is 0.841. The Balaban J connectivity index is 1.80. The van der Waals surface area contributed by atoms with Gasteiger partial charge in [0.1, 0.15) is 17.7 Å². The minimum atomic E-state index is -0.629. The van der Waals surface area contributed by atoms with Crippen molar-refractivity contribution >= 4 is 17.7 Å². The number of hydrogen-bond donors (Lipinski definition) is 2. The molecule has 1 fully saturated rings. The second kappa shape index (κ2) is 7.71. The number of aliphatic hydroxyl groups is 1. The summed E-state index contributed by atoms with van der Waals surface area (Å²) < 4.78 is 33.6. The maximum atomic E-state index is 14.6. The molecule has 2 amide bonds. The molecule has 1 atom stereocenters. The Bertz CT molecular complexity index is 888. The molecule has 1 aliphatic heterocycles. The van der Waals surface area contributed by atoms with Gasteiger partial charge in [-0.1, -0.05) is 12.1 Å². The fourth-order valence-electron chi connectivity index (χ4n) is 2.85. The topological polar surface area (TPSA) is 78.9 Å². The largest absolute Gasteiger partial charge is 0.442 e. The van der Waals surface area contributed by atoms with Crippen LogP contribution in [0.5, 0.6) is 0 Å². The van der Waals surface area contributed by atoms with Crippen LogP contribution in [0.15, 0.2) is 36.4 Å². The van der Waals surface area contributed by atoms with E-state index in [1.807, 2.05) is 0 Å². The minimum Gasteiger partial charge on any atom is -0.442 e. The summed E-state index contributed by atoms with van der Waals surface area (Å²) in [4.78, 5) is 24.2. The maximum absolute atomic E-state index is 14.6. The first-order valence-corrected chi connectivity index (χ1v) is 8.31. The maximum Gasteiger partial charge on any atom is 0.414 e. The van der Waals surface area contributed by atoms with Crippen LogP contribution in [0.25, 0.3) is 11.1 Å². The number of benzene rings is 2. The third kappa shape index (κ3) is 4.06. The van der Waals surface area contributed by atoms with Gasteiger partial charge in [0.05, 0.1) is 25.4 Å². The number of carbonyl (C=O) groups is 2. The molecule has 2 aromatic carbocycles. The van der Waals surface area contributed by atoms with Crippen molar-refractivity contribution in [3.05, 3.63) is 53.6 Å². The fourth-order valence-corrected chi connectivity index (χ4v) is 2.85. The third-order valence-electron chi connectivity index (χ3n) is 4.25. The van der Waals surface area contributed by atoms with Gasteiger partial charge in [-0.25, -0.2) is 13.6 Å². The minimum absolute atomic E-state index is 0.126. The molecule has 142 valence electrons. The summed E-state index contributed by atoms with van der Waals surface area (Å²) in [6, 6.07) is 8.22. The van der Waals surface area contributed by atoms with Crippen LogP contribution in [-0.2, 0) is 16.1 Å². The number of cyclic esters (lactones) is 1. The molecule has 0 saturated carbocycles. The molecular weight excluding hydrogens is 358 g/mol. The highest BCUT2D eigenvalue weighted by atomic mass is 19.1. The summed E-state index contributed by atoms with van der Waals surface area (Å²) in [5, 5.41) is 11.6. The van der Waals surface area contributed by atoms with Crippen molar-refractivity contribution in [2.75, 3.05) is 18.0 Å². The van der Waals surface area contributed by atoms with Crippen molar-refractivity contribution in [3.8, 4) is 11.1 Å². The second-order valence-corrected chi connectivity index (χ2v) is 6.18. The van der Waals surface area contributed by atoms with Gasteiger partial charge in [-0.15, -0.1) is 0 Å². The van der Waals surface area contributed by atoms with Crippen molar-refractivity contribution in [1.29, 1.82) is 0 Å². The van der Waals surface area contributed by atoms with Crippen molar-refractivity contribution in [2.24, 2.45) is 0 Å². The van der Waals surface area contributed by atoms with Crippen LogP contribution in [0.3, 0.4) is 0 Å². The molecule has 6 nitrogen and oxygen atoms in total. The third-order valence-corrected chi connectivity index (χ3v) is 4.25. The zero-order valence-corrected chi connectivity index (χ0v) is 14.5. The van der Waals surface area contributed by atoms with E-state index in [4.69, 9.17) is 9.84 Å². The molecule has 0 radical (unpaired) electrons. The molecular formula is C19H18F2N2O4. The first-order valence-electron chi connectivity index (χ1n) is 8.31. The van der Waals surface area contributed by atoms with Gasteiger partial charge in [0.2, 0.25) is 5.91 Å². The Kier molecular flexibility index (Phi) is 5.36. The SMILES string of the molecule is CC(=O)NC[C@H]1CN(c2ccc(-c3ccc(CO)c(F)c3)c(F)c2)C(=O)O1. The van der Waals surface area contributed by atoms with Gasteiger partial charge in [0.25, 0.3) is 0 Å². The van der Waals surface area contributed by atoms with Crippen molar-refractivity contribution in [3.63, 3.8) is 0 Å². The van der Waals surface area contributed by atoms with Gasteiger partial charge in [0.15, 0.2) is 0 Å². The van der Waals surface area contributed by atoms with Gasteiger partial charge >= 0.3 is 6.09 Å². The molecule has 0 spiro atoms. The Morgan fingerprint density at radius 1 is 1.26 bits per heavy atom. The predicted molar refractivity (Wildman–Crippen MR) is 94.0 cm³/mol. The molecule has 2 aromatic rings. The molecule has 1 heterocycles. The lowest BCUT2D eigenvalue weighted by atomic mass is 10.0. The smallest absolute Gasteiger partial charge is 0.414 e. The molecule has 1 aliphatic rings. The van der Waals surface area contributed by atoms with E-state index < -0.39 is 30.4 Å². The summed E-state index contributed by atoms with van der Waals surface area (Å²) in [6.45, 7) is 1.27. The number of nitrogens with one attached hydrogen (secondary N) is 1. The van der Waals surface area contributed by atoms with Crippen LogP contribution in [-0.4, -0.2) is 36.3 Å². The van der Waals surface area contributed by atoms with Crippen LogP contribution >= 0.6 is 0 Å². The standard InChI is InChI=1S/C19H18F2N2O4/c1-11(25)22-8-15-9-23(19(26)27-15)14-4-5-16(18(21)7-14)12-2-3-13(10-24)17(20)6-12/h2-7,15,24H,8-10H2,1H3,(H,22,25)/t15-/m0/s1. The van der Waals surface area contributed by atoms with Gasteiger partial charge in [-0.2, -0.15) is 0 Å². The fraction of sp³-hybridized carbons (Fsp3) is 0.263. The lowest BCUT2D eigenvalue weighted by molar-refractivity contribution is -0.119. The summed E-state index contributed by atoms with van der Waals surface area (Å²) >= 11 is 0. The molecule has 2 N–H and O–H groups in total. The number of ether oxygens (including phenoxy) is 1. The van der Waals surface area contributed by atoms with Crippen molar-refractivity contribution < 1.29 is 28.2 Å². The average Bonchev–Trinajstić information content (AvgIpc) is 3.00. The number of aliphatic hydroxyl groups excluding tert-OH is 1. The van der Waals surface area contributed by atoms with Crippen LogP contribution in [0.2, 0.25) is 0 Å². The van der Waals surface area contributed by atoms with Crippen molar-refractivity contribution in [1.82, 2.24) is 5.32 Å². The predicted octanol–water partition coefficient (Wildman–Crippen LogP) is 2.59. The number of nitrogens with zero attached hydrogens (tertiary/aromatic N) is 1.